The summed E-state index contributed by atoms with van der Waals surface area (Å²) in [6.45, 7) is 2.96. The van der Waals surface area contributed by atoms with E-state index in [1.165, 1.54) is 16.7 Å². The van der Waals surface area contributed by atoms with Crippen LogP contribution < -0.4 is 4.74 Å². The summed E-state index contributed by atoms with van der Waals surface area (Å²) in [5.41, 5.74) is 4.28. The molecule has 1 aliphatic carbocycles. The molecular weight excluding hydrogens is 220 g/mol. The Morgan fingerprint density at radius 1 is 1.11 bits per heavy atom. The molecule has 3 rings (SSSR count). The van der Waals surface area contributed by atoms with Gasteiger partial charge in [-0.1, -0.05) is 43.3 Å². The molecule has 0 amide bonds. The van der Waals surface area contributed by atoms with Crippen LogP contribution in [0.25, 0.3) is 0 Å². The Morgan fingerprint density at radius 3 is 2.83 bits per heavy atom. The van der Waals surface area contributed by atoms with Crippen LogP contribution in [-0.4, -0.2) is 6.61 Å². The number of hydrogen-bond donors (Lipinski definition) is 0. The molecule has 1 atom stereocenters. The van der Waals surface area contributed by atoms with Crippen molar-refractivity contribution in [2.45, 2.75) is 25.7 Å². The Balaban J connectivity index is 1.63. The molecule has 92 valence electrons. The van der Waals surface area contributed by atoms with Crippen LogP contribution in [-0.2, 0) is 12.8 Å². The highest BCUT2D eigenvalue weighted by atomic mass is 16.5. The van der Waals surface area contributed by atoms with Crippen molar-refractivity contribution in [3.8, 4) is 5.75 Å². The Labute approximate surface area is 108 Å². The van der Waals surface area contributed by atoms with Gasteiger partial charge in [-0.3, -0.25) is 0 Å². The fourth-order valence-electron chi connectivity index (χ4n) is 2.56. The van der Waals surface area contributed by atoms with Gasteiger partial charge in [-0.15, -0.1) is 0 Å². The number of aryl methyl sites for hydroxylation is 1. The van der Waals surface area contributed by atoms with E-state index in [0.717, 1.165) is 25.2 Å². The molecule has 1 heteroatoms. The minimum absolute atomic E-state index is 0.575. The summed E-state index contributed by atoms with van der Waals surface area (Å²) < 4.78 is 5.91. The van der Waals surface area contributed by atoms with E-state index >= 15 is 0 Å². The smallest absolute Gasteiger partial charge is 0.119 e. The number of rotatable bonds is 4. The quantitative estimate of drug-likeness (QED) is 0.783. The van der Waals surface area contributed by atoms with Crippen LogP contribution in [0.5, 0.6) is 5.75 Å². The molecule has 0 saturated carbocycles. The zero-order valence-electron chi connectivity index (χ0n) is 10.7. The van der Waals surface area contributed by atoms with E-state index in [4.69, 9.17) is 4.74 Å². The van der Waals surface area contributed by atoms with Crippen molar-refractivity contribution >= 4 is 0 Å². The summed E-state index contributed by atoms with van der Waals surface area (Å²) in [6, 6.07) is 17.1. The van der Waals surface area contributed by atoms with Gasteiger partial charge in [0.1, 0.15) is 5.75 Å². The molecule has 0 spiro atoms. The first kappa shape index (κ1) is 11.3. The second-order valence-corrected chi connectivity index (χ2v) is 4.91. The predicted molar refractivity (Wildman–Crippen MR) is 74.2 cm³/mol. The first-order valence-electron chi connectivity index (χ1n) is 6.66. The Morgan fingerprint density at radius 2 is 2.00 bits per heavy atom. The number of benzene rings is 2. The third-order valence-electron chi connectivity index (χ3n) is 3.72. The summed E-state index contributed by atoms with van der Waals surface area (Å²) >= 11 is 0. The molecule has 0 aromatic heterocycles. The van der Waals surface area contributed by atoms with Gasteiger partial charge in [0.2, 0.25) is 0 Å². The average molecular weight is 238 g/mol. The highest BCUT2D eigenvalue weighted by Crippen LogP contribution is 2.35. The summed E-state index contributed by atoms with van der Waals surface area (Å²) in [4.78, 5) is 0. The zero-order valence-corrected chi connectivity index (χ0v) is 10.7. The van der Waals surface area contributed by atoms with E-state index in [9.17, 15) is 0 Å². The van der Waals surface area contributed by atoms with E-state index in [2.05, 4.69) is 49.4 Å². The molecule has 1 unspecified atom stereocenters. The SMILES string of the molecule is CCc1cccc(OCC2Cc3ccccc32)c1. The normalized spacial score (nSPS) is 16.8. The van der Waals surface area contributed by atoms with Crippen molar-refractivity contribution in [1.82, 2.24) is 0 Å². The topological polar surface area (TPSA) is 9.23 Å². The fraction of sp³-hybridized carbons (Fsp3) is 0.294. The van der Waals surface area contributed by atoms with Crippen molar-refractivity contribution in [2.75, 3.05) is 6.61 Å². The van der Waals surface area contributed by atoms with Crippen molar-refractivity contribution in [3.05, 3.63) is 65.2 Å². The third-order valence-corrected chi connectivity index (χ3v) is 3.72. The lowest BCUT2D eigenvalue weighted by atomic mass is 9.78. The lowest BCUT2D eigenvalue weighted by Crippen LogP contribution is -2.23. The first-order valence-corrected chi connectivity index (χ1v) is 6.66. The van der Waals surface area contributed by atoms with Crippen LogP contribution in [0.3, 0.4) is 0 Å². The van der Waals surface area contributed by atoms with Crippen LogP contribution in [0.4, 0.5) is 0 Å². The van der Waals surface area contributed by atoms with Crippen molar-refractivity contribution < 1.29 is 4.74 Å². The number of fused-ring (bicyclic) bond motifs is 1. The van der Waals surface area contributed by atoms with E-state index < -0.39 is 0 Å². The van der Waals surface area contributed by atoms with Gasteiger partial charge in [0.15, 0.2) is 0 Å². The molecule has 0 heterocycles. The lowest BCUT2D eigenvalue weighted by Gasteiger charge is -2.29. The van der Waals surface area contributed by atoms with Crippen LogP contribution in [0.15, 0.2) is 48.5 Å². The molecule has 1 aliphatic rings. The van der Waals surface area contributed by atoms with Crippen LogP contribution in [0.2, 0.25) is 0 Å². The van der Waals surface area contributed by atoms with E-state index in [-0.39, 0.29) is 0 Å². The van der Waals surface area contributed by atoms with Gasteiger partial charge < -0.3 is 4.74 Å². The fourth-order valence-corrected chi connectivity index (χ4v) is 2.56. The van der Waals surface area contributed by atoms with Crippen LogP contribution in [0.1, 0.15) is 29.5 Å². The molecular formula is C17H18O. The second kappa shape index (κ2) is 4.85. The average Bonchev–Trinajstić information content (AvgIpc) is 2.40. The van der Waals surface area contributed by atoms with Gasteiger partial charge in [-0.05, 0) is 41.7 Å². The van der Waals surface area contributed by atoms with Crippen molar-refractivity contribution in [3.63, 3.8) is 0 Å². The van der Waals surface area contributed by atoms with Crippen LogP contribution in [0, 0.1) is 0 Å². The maximum Gasteiger partial charge on any atom is 0.119 e. The van der Waals surface area contributed by atoms with Gasteiger partial charge >= 0.3 is 0 Å². The summed E-state index contributed by atoms with van der Waals surface area (Å²) in [5.74, 6) is 1.57. The Bertz CT molecular complexity index is 545. The molecule has 18 heavy (non-hydrogen) atoms. The monoisotopic (exact) mass is 238 g/mol. The molecule has 1 nitrogen and oxygen atoms in total. The molecule has 2 aromatic carbocycles. The Kier molecular flexibility index (Phi) is 3.06. The predicted octanol–water partition coefficient (Wildman–Crippen LogP) is 3.97. The van der Waals surface area contributed by atoms with Gasteiger partial charge in [0.25, 0.3) is 0 Å². The maximum atomic E-state index is 5.91. The number of ether oxygens (including phenoxy) is 1. The molecule has 0 bridgehead atoms. The van der Waals surface area contributed by atoms with E-state index in [1.54, 1.807) is 0 Å². The second-order valence-electron chi connectivity index (χ2n) is 4.91. The van der Waals surface area contributed by atoms with Crippen LogP contribution >= 0.6 is 0 Å². The molecule has 0 radical (unpaired) electrons. The largest absolute Gasteiger partial charge is 0.493 e. The van der Waals surface area contributed by atoms with Gasteiger partial charge in [0.05, 0.1) is 6.61 Å². The maximum absolute atomic E-state index is 5.91. The molecule has 0 fully saturated rings. The standard InChI is InChI=1S/C17H18O/c1-2-13-6-5-8-16(10-13)18-12-15-11-14-7-3-4-9-17(14)15/h3-10,15H,2,11-12H2,1H3. The van der Waals surface area contributed by atoms with Gasteiger partial charge in [-0.2, -0.15) is 0 Å². The Hall–Kier alpha value is -1.76. The molecule has 0 N–H and O–H groups in total. The van der Waals surface area contributed by atoms with Crippen molar-refractivity contribution in [1.29, 1.82) is 0 Å². The number of hydrogen-bond acceptors (Lipinski definition) is 1. The minimum Gasteiger partial charge on any atom is -0.493 e. The van der Waals surface area contributed by atoms with E-state index in [1.807, 2.05) is 6.07 Å². The molecule has 0 saturated heterocycles. The first-order chi connectivity index (χ1) is 8.86. The zero-order chi connectivity index (χ0) is 12.4. The van der Waals surface area contributed by atoms with Crippen molar-refractivity contribution in [2.24, 2.45) is 0 Å². The summed E-state index contributed by atoms with van der Waals surface area (Å²) in [5, 5.41) is 0. The molecule has 0 aliphatic heterocycles. The summed E-state index contributed by atoms with van der Waals surface area (Å²) in [6.07, 6.45) is 2.22. The van der Waals surface area contributed by atoms with Gasteiger partial charge in [-0.25, -0.2) is 0 Å². The minimum atomic E-state index is 0.575. The highest BCUT2D eigenvalue weighted by Gasteiger charge is 2.25. The highest BCUT2D eigenvalue weighted by molar-refractivity contribution is 5.40. The molecule has 2 aromatic rings. The van der Waals surface area contributed by atoms with Gasteiger partial charge in [0, 0.05) is 5.92 Å². The lowest BCUT2D eigenvalue weighted by molar-refractivity contribution is 0.275. The van der Waals surface area contributed by atoms with E-state index in [0.29, 0.717) is 5.92 Å². The third kappa shape index (κ3) is 2.13. The summed E-state index contributed by atoms with van der Waals surface area (Å²) in [7, 11) is 0.